The molecule has 180 valence electrons. The summed E-state index contributed by atoms with van der Waals surface area (Å²) in [4.78, 5) is 6.10. The average molecular weight is 472 g/mol. The summed E-state index contributed by atoms with van der Waals surface area (Å²) in [6, 6.07) is 6.35. The second-order valence-corrected chi connectivity index (χ2v) is 9.52. The lowest BCUT2D eigenvalue weighted by Crippen LogP contribution is -2.36. The van der Waals surface area contributed by atoms with Crippen molar-refractivity contribution in [2.75, 3.05) is 25.0 Å². The van der Waals surface area contributed by atoms with E-state index in [2.05, 4.69) is 30.5 Å². The molecular formula is C24H28F3N7. The van der Waals surface area contributed by atoms with E-state index in [-0.39, 0.29) is 12.2 Å². The van der Waals surface area contributed by atoms with Crippen LogP contribution in [0.15, 0.2) is 36.7 Å². The SMILES string of the molecule is Cc1nn(C)cc1-c1ccc(NCC2CC23CCN(Cc2ncccc2C(F)(F)F)CC3)nn1. The van der Waals surface area contributed by atoms with Gasteiger partial charge in [0.1, 0.15) is 5.82 Å². The Balaban J connectivity index is 1.12. The van der Waals surface area contributed by atoms with Crippen LogP contribution in [0.2, 0.25) is 0 Å². The van der Waals surface area contributed by atoms with Gasteiger partial charge < -0.3 is 5.32 Å². The number of nitrogens with zero attached hydrogens (tertiary/aromatic N) is 6. The van der Waals surface area contributed by atoms with Gasteiger partial charge in [-0.05, 0) is 74.9 Å². The van der Waals surface area contributed by atoms with Crippen LogP contribution in [0.1, 0.15) is 36.2 Å². The molecule has 3 aromatic heterocycles. The normalized spacial score (nSPS) is 20.0. The lowest BCUT2D eigenvalue weighted by atomic mass is 9.90. The van der Waals surface area contributed by atoms with E-state index in [0.29, 0.717) is 11.3 Å². The molecule has 0 amide bonds. The Morgan fingerprint density at radius 2 is 1.94 bits per heavy atom. The highest BCUT2D eigenvalue weighted by Crippen LogP contribution is 2.59. The van der Waals surface area contributed by atoms with Crippen LogP contribution in [-0.2, 0) is 19.8 Å². The lowest BCUT2D eigenvalue weighted by molar-refractivity contribution is -0.138. The van der Waals surface area contributed by atoms with Gasteiger partial charge in [0.15, 0.2) is 0 Å². The number of halogens is 3. The lowest BCUT2D eigenvalue weighted by Gasteiger charge is -2.33. The molecule has 1 spiro atoms. The highest BCUT2D eigenvalue weighted by atomic mass is 19.4. The number of anilines is 1. The van der Waals surface area contributed by atoms with E-state index in [1.165, 1.54) is 12.3 Å². The molecule has 1 aliphatic carbocycles. The predicted molar refractivity (Wildman–Crippen MR) is 122 cm³/mol. The summed E-state index contributed by atoms with van der Waals surface area (Å²) >= 11 is 0. The van der Waals surface area contributed by atoms with Gasteiger partial charge in [0.2, 0.25) is 0 Å². The first kappa shape index (κ1) is 22.8. The summed E-state index contributed by atoms with van der Waals surface area (Å²) in [5.41, 5.74) is 2.47. The standard InChI is InChI=1S/C24H28F3N7/c1-16-18(14-33(2)32-16)20-5-6-22(31-30-20)29-13-17-12-23(17)7-10-34(11-8-23)15-21-19(24(25,26)27)4-3-9-28-21/h3-6,9,14,17H,7-8,10-13,15H2,1-2H3,(H,29,31). The molecule has 1 saturated heterocycles. The molecule has 0 bridgehead atoms. The van der Waals surface area contributed by atoms with Crippen molar-refractivity contribution in [3.63, 3.8) is 0 Å². The van der Waals surface area contributed by atoms with Gasteiger partial charge in [-0.25, -0.2) is 0 Å². The number of piperidine rings is 1. The van der Waals surface area contributed by atoms with Crippen molar-refractivity contribution in [1.29, 1.82) is 0 Å². The average Bonchev–Trinajstić information content (AvgIpc) is 3.37. The van der Waals surface area contributed by atoms with Crippen molar-refractivity contribution in [2.24, 2.45) is 18.4 Å². The fourth-order valence-electron chi connectivity index (χ4n) is 5.17. The van der Waals surface area contributed by atoms with E-state index in [1.807, 2.05) is 32.3 Å². The zero-order valence-electron chi connectivity index (χ0n) is 19.3. The van der Waals surface area contributed by atoms with Gasteiger partial charge in [0.25, 0.3) is 0 Å². The minimum absolute atomic E-state index is 0.114. The van der Waals surface area contributed by atoms with Crippen LogP contribution in [0.5, 0.6) is 0 Å². The third kappa shape index (κ3) is 4.64. The van der Waals surface area contributed by atoms with Crippen LogP contribution < -0.4 is 5.32 Å². The van der Waals surface area contributed by atoms with E-state index >= 15 is 0 Å². The van der Waals surface area contributed by atoms with Crippen LogP contribution in [0.25, 0.3) is 11.3 Å². The Kier molecular flexibility index (Phi) is 5.79. The molecule has 0 aromatic carbocycles. The van der Waals surface area contributed by atoms with Gasteiger partial charge in [-0.15, -0.1) is 10.2 Å². The molecule has 5 rings (SSSR count). The Labute approximate surface area is 196 Å². The van der Waals surface area contributed by atoms with E-state index in [1.54, 1.807) is 4.68 Å². The van der Waals surface area contributed by atoms with Crippen LogP contribution in [0.4, 0.5) is 19.0 Å². The number of rotatable bonds is 6. The maximum absolute atomic E-state index is 13.3. The van der Waals surface area contributed by atoms with E-state index in [4.69, 9.17) is 0 Å². The number of aromatic nitrogens is 5. The summed E-state index contributed by atoms with van der Waals surface area (Å²) < 4.78 is 41.5. The third-order valence-electron chi connectivity index (χ3n) is 7.26. The molecule has 34 heavy (non-hydrogen) atoms. The topological polar surface area (TPSA) is 71.8 Å². The van der Waals surface area contributed by atoms with Crippen molar-refractivity contribution in [3.05, 3.63) is 53.6 Å². The van der Waals surface area contributed by atoms with Crippen LogP contribution in [0.3, 0.4) is 0 Å². The molecule has 0 radical (unpaired) electrons. The molecule has 1 unspecified atom stereocenters. The minimum Gasteiger partial charge on any atom is -0.368 e. The number of hydrogen-bond acceptors (Lipinski definition) is 6. The summed E-state index contributed by atoms with van der Waals surface area (Å²) in [6.45, 7) is 4.62. The van der Waals surface area contributed by atoms with Crippen molar-refractivity contribution in [3.8, 4) is 11.3 Å². The second kappa shape index (κ2) is 8.65. The summed E-state index contributed by atoms with van der Waals surface area (Å²) in [5.74, 6) is 1.30. The molecule has 1 saturated carbocycles. The Hall–Kier alpha value is -3.01. The zero-order valence-corrected chi connectivity index (χ0v) is 19.3. The maximum atomic E-state index is 13.3. The van der Waals surface area contributed by atoms with E-state index in [0.717, 1.165) is 67.7 Å². The van der Waals surface area contributed by atoms with Crippen LogP contribution in [0, 0.1) is 18.3 Å². The van der Waals surface area contributed by atoms with E-state index in [9.17, 15) is 13.2 Å². The first-order chi connectivity index (χ1) is 16.2. The van der Waals surface area contributed by atoms with E-state index < -0.39 is 11.7 Å². The van der Waals surface area contributed by atoms with Gasteiger partial charge in [-0.3, -0.25) is 14.6 Å². The predicted octanol–water partition coefficient (Wildman–Crippen LogP) is 4.31. The van der Waals surface area contributed by atoms with Crippen LogP contribution >= 0.6 is 0 Å². The maximum Gasteiger partial charge on any atom is 0.418 e. The Bertz CT molecular complexity index is 1150. The number of hydrogen-bond donors (Lipinski definition) is 1. The fraction of sp³-hybridized carbons (Fsp3) is 0.500. The molecule has 7 nitrogen and oxygen atoms in total. The van der Waals surface area contributed by atoms with Gasteiger partial charge in [-0.1, -0.05) is 0 Å². The Morgan fingerprint density at radius 1 is 1.15 bits per heavy atom. The molecule has 1 N–H and O–H groups in total. The highest BCUT2D eigenvalue weighted by Gasteiger charge is 2.54. The largest absolute Gasteiger partial charge is 0.418 e. The van der Waals surface area contributed by atoms with Crippen LogP contribution in [-0.4, -0.2) is 49.5 Å². The van der Waals surface area contributed by atoms with Crippen molar-refractivity contribution >= 4 is 5.82 Å². The first-order valence-electron chi connectivity index (χ1n) is 11.6. The molecule has 3 aromatic rings. The molecule has 1 atom stereocenters. The fourth-order valence-corrected chi connectivity index (χ4v) is 5.17. The van der Waals surface area contributed by atoms with Crippen molar-refractivity contribution < 1.29 is 13.2 Å². The van der Waals surface area contributed by atoms with Gasteiger partial charge in [-0.2, -0.15) is 18.3 Å². The minimum atomic E-state index is -4.37. The van der Waals surface area contributed by atoms with Gasteiger partial charge >= 0.3 is 6.18 Å². The molecule has 2 aliphatic rings. The first-order valence-corrected chi connectivity index (χ1v) is 11.6. The summed E-state index contributed by atoms with van der Waals surface area (Å²) in [5, 5.41) is 16.4. The molecule has 10 heteroatoms. The second-order valence-electron chi connectivity index (χ2n) is 9.52. The molecule has 4 heterocycles. The molecule has 1 aliphatic heterocycles. The Morgan fingerprint density at radius 3 is 2.59 bits per heavy atom. The number of likely N-dealkylation sites (tertiary alicyclic amines) is 1. The number of alkyl halides is 3. The monoisotopic (exact) mass is 471 g/mol. The molecule has 2 fully saturated rings. The summed E-state index contributed by atoms with van der Waals surface area (Å²) in [6.07, 6.45) is 2.14. The van der Waals surface area contributed by atoms with Gasteiger partial charge in [0, 0.05) is 38.1 Å². The summed E-state index contributed by atoms with van der Waals surface area (Å²) in [7, 11) is 1.88. The number of pyridine rings is 1. The quantitative estimate of drug-likeness (QED) is 0.578. The number of aryl methyl sites for hydroxylation is 2. The zero-order chi connectivity index (χ0) is 23.9. The smallest absolute Gasteiger partial charge is 0.368 e. The number of nitrogens with one attached hydrogen (secondary N) is 1. The van der Waals surface area contributed by atoms with Crippen molar-refractivity contribution in [1.82, 2.24) is 29.9 Å². The third-order valence-corrected chi connectivity index (χ3v) is 7.26. The molecular weight excluding hydrogens is 443 g/mol. The van der Waals surface area contributed by atoms with Crippen molar-refractivity contribution in [2.45, 2.75) is 38.9 Å². The highest BCUT2D eigenvalue weighted by molar-refractivity contribution is 5.61. The van der Waals surface area contributed by atoms with Gasteiger partial charge in [0.05, 0.1) is 22.6 Å².